The number of aldehydes is 1. The Bertz CT molecular complexity index is 636. The van der Waals surface area contributed by atoms with Crippen LogP contribution in [-0.4, -0.2) is 11.3 Å². The molecule has 2 nitrogen and oxygen atoms in total. The summed E-state index contributed by atoms with van der Waals surface area (Å²) in [6.45, 7) is 6.97. The van der Waals surface area contributed by atoms with Gasteiger partial charge in [0.25, 0.3) is 0 Å². The minimum Gasteiger partial charge on any atom is -0.297 e. The van der Waals surface area contributed by atoms with Crippen LogP contribution >= 0.6 is 11.3 Å². The second kappa shape index (κ2) is 4.41. The maximum absolute atomic E-state index is 10.9. The molecule has 0 bridgehead atoms. The minimum absolute atomic E-state index is 0.356. The molecule has 3 heteroatoms. The van der Waals surface area contributed by atoms with Gasteiger partial charge in [-0.2, -0.15) is 0 Å². The lowest BCUT2D eigenvalue weighted by Gasteiger charge is -2.34. The van der Waals surface area contributed by atoms with Crippen LogP contribution < -0.4 is 0 Å². The van der Waals surface area contributed by atoms with Crippen molar-refractivity contribution < 1.29 is 4.79 Å². The molecule has 100 valence electrons. The SMILES string of the molecule is CC(C)(C)C1CCc2nc3sc(C=O)cc3cc2C1. The predicted octanol–water partition coefficient (Wildman–Crippen LogP) is 4.26. The van der Waals surface area contributed by atoms with Gasteiger partial charge in [-0.25, -0.2) is 4.98 Å². The van der Waals surface area contributed by atoms with E-state index in [9.17, 15) is 4.79 Å². The smallest absolute Gasteiger partial charge is 0.160 e. The first-order valence-electron chi connectivity index (χ1n) is 6.85. The fraction of sp³-hybridized carbons (Fsp3) is 0.500. The van der Waals surface area contributed by atoms with E-state index < -0.39 is 0 Å². The molecule has 1 aliphatic rings. The second-order valence-electron chi connectivity index (χ2n) is 6.56. The van der Waals surface area contributed by atoms with Crippen LogP contribution in [0.2, 0.25) is 0 Å². The highest BCUT2D eigenvalue weighted by Gasteiger charge is 2.29. The van der Waals surface area contributed by atoms with Crippen LogP contribution in [0.1, 0.15) is 48.1 Å². The summed E-state index contributed by atoms with van der Waals surface area (Å²) >= 11 is 1.50. The van der Waals surface area contributed by atoms with Gasteiger partial charge in [-0.1, -0.05) is 20.8 Å². The van der Waals surface area contributed by atoms with Crippen LogP contribution in [0.4, 0.5) is 0 Å². The van der Waals surface area contributed by atoms with E-state index in [0.29, 0.717) is 5.41 Å². The highest BCUT2D eigenvalue weighted by Crippen LogP contribution is 2.38. The summed E-state index contributed by atoms with van der Waals surface area (Å²) in [5, 5.41) is 1.13. The Labute approximate surface area is 117 Å². The molecular weight excluding hydrogens is 254 g/mol. The van der Waals surface area contributed by atoms with Crippen molar-refractivity contribution in [2.24, 2.45) is 11.3 Å². The average Bonchev–Trinajstić information content (AvgIpc) is 2.75. The Kier molecular flexibility index (Phi) is 2.97. The maximum atomic E-state index is 10.9. The topological polar surface area (TPSA) is 30.0 Å². The molecule has 3 rings (SSSR count). The number of aromatic nitrogens is 1. The lowest BCUT2D eigenvalue weighted by molar-refractivity contribution is 0.112. The van der Waals surface area contributed by atoms with Crippen molar-refractivity contribution in [3.8, 4) is 0 Å². The van der Waals surface area contributed by atoms with Crippen molar-refractivity contribution >= 4 is 27.8 Å². The monoisotopic (exact) mass is 273 g/mol. The van der Waals surface area contributed by atoms with Crippen molar-refractivity contribution in [1.82, 2.24) is 4.98 Å². The molecule has 0 saturated carbocycles. The van der Waals surface area contributed by atoms with Crippen molar-refractivity contribution in [1.29, 1.82) is 0 Å². The Morgan fingerprint density at radius 2 is 2.16 bits per heavy atom. The zero-order valence-electron chi connectivity index (χ0n) is 11.7. The summed E-state index contributed by atoms with van der Waals surface area (Å²) in [7, 11) is 0. The molecule has 2 aromatic heterocycles. The third-order valence-electron chi connectivity index (χ3n) is 4.23. The quantitative estimate of drug-likeness (QED) is 0.727. The number of pyridine rings is 1. The molecule has 0 spiro atoms. The predicted molar refractivity (Wildman–Crippen MR) is 80.0 cm³/mol. The molecule has 0 aromatic carbocycles. The molecule has 0 radical (unpaired) electrons. The van der Waals surface area contributed by atoms with E-state index >= 15 is 0 Å². The minimum atomic E-state index is 0.356. The van der Waals surface area contributed by atoms with E-state index in [0.717, 1.165) is 40.1 Å². The summed E-state index contributed by atoms with van der Waals surface area (Å²) < 4.78 is 0. The molecular formula is C16H19NOS. The third kappa shape index (κ3) is 2.32. The molecule has 1 aliphatic carbocycles. The summed E-state index contributed by atoms with van der Waals surface area (Å²) in [4.78, 5) is 17.4. The number of hydrogen-bond donors (Lipinski definition) is 0. The maximum Gasteiger partial charge on any atom is 0.160 e. The molecule has 0 aliphatic heterocycles. The van der Waals surface area contributed by atoms with Gasteiger partial charge in [0.15, 0.2) is 6.29 Å². The zero-order valence-corrected chi connectivity index (χ0v) is 12.5. The van der Waals surface area contributed by atoms with Gasteiger partial charge in [0, 0.05) is 11.1 Å². The molecule has 1 unspecified atom stereocenters. The fourth-order valence-corrected chi connectivity index (χ4v) is 3.79. The lowest BCUT2D eigenvalue weighted by atomic mass is 9.71. The van der Waals surface area contributed by atoms with Crippen molar-refractivity contribution in [3.63, 3.8) is 0 Å². The number of aryl methyl sites for hydroxylation is 1. The van der Waals surface area contributed by atoms with Gasteiger partial charge >= 0.3 is 0 Å². The number of thiophene rings is 1. The highest BCUT2D eigenvalue weighted by molar-refractivity contribution is 7.20. The first-order valence-corrected chi connectivity index (χ1v) is 7.66. The third-order valence-corrected chi connectivity index (χ3v) is 5.20. The van der Waals surface area contributed by atoms with Gasteiger partial charge in [-0.05, 0) is 48.3 Å². The molecule has 1 atom stereocenters. The van der Waals surface area contributed by atoms with Gasteiger partial charge in [0.1, 0.15) is 4.83 Å². The van der Waals surface area contributed by atoms with Crippen LogP contribution in [0.5, 0.6) is 0 Å². The number of carbonyl (C=O) groups excluding carboxylic acids is 1. The number of hydrogen-bond acceptors (Lipinski definition) is 3. The molecule has 2 aromatic rings. The molecule has 19 heavy (non-hydrogen) atoms. The van der Waals surface area contributed by atoms with Crippen molar-refractivity contribution in [3.05, 3.63) is 28.3 Å². The van der Waals surface area contributed by atoms with Gasteiger partial charge in [-0.15, -0.1) is 11.3 Å². The molecule has 2 heterocycles. The van der Waals surface area contributed by atoms with Gasteiger partial charge in [-0.3, -0.25) is 4.79 Å². The van der Waals surface area contributed by atoms with Crippen LogP contribution in [-0.2, 0) is 12.8 Å². The Hall–Kier alpha value is -1.22. The van der Waals surface area contributed by atoms with E-state index in [2.05, 4.69) is 26.8 Å². The largest absolute Gasteiger partial charge is 0.297 e. The molecule has 0 amide bonds. The number of rotatable bonds is 1. The summed E-state index contributed by atoms with van der Waals surface area (Å²) in [5.74, 6) is 0.725. The van der Waals surface area contributed by atoms with Crippen molar-refractivity contribution in [2.45, 2.75) is 40.0 Å². The van der Waals surface area contributed by atoms with Crippen LogP contribution in [0.25, 0.3) is 10.2 Å². The normalized spacial score (nSPS) is 19.4. The van der Waals surface area contributed by atoms with E-state index in [1.807, 2.05) is 6.07 Å². The Balaban J connectivity index is 2.02. The highest BCUT2D eigenvalue weighted by atomic mass is 32.1. The Morgan fingerprint density at radius 3 is 2.84 bits per heavy atom. The first kappa shape index (κ1) is 12.8. The van der Waals surface area contributed by atoms with E-state index in [1.165, 1.54) is 29.0 Å². The van der Waals surface area contributed by atoms with Crippen LogP contribution in [0.3, 0.4) is 0 Å². The molecule has 0 saturated heterocycles. The van der Waals surface area contributed by atoms with Crippen LogP contribution in [0.15, 0.2) is 12.1 Å². The molecule has 0 N–H and O–H groups in total. The zero-order chi connectivity index (χ0) is 13.6. The van der Waals surface area contributed by atoms with Gasteiger partial charge < -0.3 is 0 Å². The summed E-state index contributed by atoms with van der Waals surface area (Å²) in [6.07, 6.45) is 4.33. The fourth-order valence-electron chi connectivity index (χ4n) is 2.94. The van der Waals surface area contributed by atoms with Crippen molar-refractivity contribution in [2.75, 3.05) is 0 Å². The Morgan fingerprint density at radius 1 is 1.37 bits per heavy atom. The second-order valence-corrected chi connectivity index (χ2v) is 7.62. The number of nitrogens with zero attached hydrogens (tertiary/aromatic N) is 1. The lowest BCUT2D eigenvalue weighted by Crippen LogP contribution is -2.27. The first-order chi connectivity index (χ1) is 8.97. The van der Waals surface area contributed by atoms with Gasteiger partial charge in [0.05, 0.1) is 4.88 Å². The van der Waals surface area contributed by atoms with E-state index in [1.54, 1.807) is 0 Å². The van der Waals surface area contributed by atoms with Crippen LogP contribution in [0, 0.1) is 11.3 Å². The number of fused-ring (bicyclic) bond motifs is 2. The average molecular weight is 273 g/mol. The van der Waals surface area contributed by atoms with Gasteiger partial charge in [0.2, 0.25) is 0 Å². The van der Waals surface area contributed by atoms with E-state index in [-0.39, 0.29) is 0 Å². The standard InChI is InChI=1S/C16H19NOS/c1-16(2,3)12-4-5-14-10(7-12)6-11-8-13(9-18)19-15(11)17-14/h6,8-9,12H,4-5,7H2,1-3H3. The molecule has 0 fully saturated rings. The number of carbonyl (C=O) groups is 1. The summed E-state index contributed by atoms with van der Waals surface area (Å²) in [5.41, 5.74) is 2.98. The summed E-state index contributed by atoms with van der Waals surface area (Å²) in [6, 6.07) is 4.21. The van der Waals surface area contributed by atoms with E-state index in [4.69, 9.17) is 4.98 Å².